The number of hydrogen-bond donors (Lipinski definition) is 5. The molecule has 0 amide bonds. The van der Waals surface area contributed by atoms with Crippen LogP contribution in [-0.4, -0.2) is 88.1 Å². The van der Waals surface area contributed by atoms with Crippen LogP contribution in [0.2, 0.25) is 0 Å². The van der Waals surface area contributed by atoms with Crippen molar-refractivity contribution in [2.45, 2.75) is 108 Å². The van der Waals surface area contributed by atoms with E-state index in [0.29, 0.717) is 0 Å². The monoisotopic (exact) mass is 514 g/mol. The molecule has 0 unspecified atom stereocenters. The number of allylic oxidation sites excluding steroid dienone is 6. The highest BCUT2D eigenvalue weighted by molar-refractivity contribution is 5.69. The van der Waals surface area contributed by atoms with Gasteiger partial charge in [-0.25, -0.2) is 0 Å². The fourth-order valence-electron chi connectivity index (χ4n) is 3.61. The van der Waals surface area contributed by atoms with Crippen molar-refractivity contribution in [2.24, 2.45) is 0 Å². The molecule has 0 aromatic carbocycles. The van der Waals surface area contributed by atoms with Crippen molar-refractivity contribution in [1.29, 1.82) is 0 Å². The molecule has 6 atom stereocenters. The molecule has 208 valence electrons. The first-order valence-electron chi connectivity index (χ1n) is 13.1. The molecule has 1 rings (SSSR count). The Morgan fingerprint density at radius 2 is 1.50 bits per heavy atom. The van der Waals surface area contributed by atoms with Gasteiger partial charge in [-0.05, 0) is 38.5 Å². The van der Waals surface area contributed by atoms with Crippen molar-refractivity contribution >= 4 is 5.97 Å². The number of unbranched alkanes of at least 4 members (excludes halogenated alkanes) is 5. The summed E-state index contributed by atoms with van der Waals surface area (Å²) >= 11 is 0. The minimum atomic E-state index is -1.56. The molecule has 9 heteroatoms. The van der Waals surface area contributed by atoms with Gasteiger partial charge in [0, 0.05) is 6.42 Å². The SMILES string of the molecule is CC/C=C\C/C=C\C/C=C\CCCCCCCC(=O)OC[C@H](O)CO[C@@H]1O[C@@H](CO)[C@H](O)[C@@H](O)[C@@H]1O. The van der Waals surface area contributed by atoms with E-state index in [-0.39, 0.29) is 19.6 Å². The smallest absolute Gasteiger partial charge is 0.305 e. The maximum atomic E-state index is 11.9. The molecular formula is C27H46O9. The molecule has 1 aliphatic rings. The summed E-state index contributed by atoms with van der Waals surface area (Å²) in [6.45, 7) is 0.964. The lowest BCUT2D eigenvalue weighted by Gasteiger charge is -2.39. The van der Waals surface area contributed by atoms with Gasteiger partial charge in [-0.2, -0.15) is 0 Å². The Morgan fingerprint density at radius 3 is 2.19 bits per heavy atom. The van der Waals surface area contributed by atoms with Crippen LogP contribution in [0.25, 0.3) is 0 Å². The number of rotatable bonds is 19. The van der Waals surface area contributed by atoms with E-state index in [9.17, 15) is 25.2 Å². The number of aliphatic hydroxyl groups excluding tert-OH is 5. The molecule has 1 saturated heterocycles. The predicted molar refractivity (Wildman–Crippen MR) is 136 cm³/mol. The molecule has 36 heavy (non-hydrogen) atoms. The second-order valence-corrected chi connectivity index (χ2v) is 8.97. The van der Waals surface area contributed by atoms with Crippen LogP contribution in [0.15, 0.2) is 36.5 Å². The molecule has 0 aliphatic carbocycles. The van der Waals surface area contributed by atoms with Crippen molar-refractivity contribution in [2.75, 3.05) is 19.8 Å². The maximum Gasteiger partial charge on any atom is 0.305 e. The molecule has 0 spiro atoms. The molecule has 0 aromatic heterocycles. The van der Waals surface area contributed by atoms with Crippen molar-refractivity contribution in [3.05, 3.63) is 36.5 Å². The molecule has 0 radical (unpaired) electrons. The molecular weight excluding hydrogens is 468 g/mol. The normalized spacial score (nSPS) is 25.8. The summed E-state index contributed by atoms with van der Waals surface area (Å²) in [5.74, 6) is -0.400. The van der Waals surface area contributed by atoms with Crippen LogP contribution in [0.1, 0.15) is 71.1 Å². The van der Waals surface area contributed by atoms with Crippen molar-refractivity contribution < 1.29 is 44.5 Å². The van der Waals surface area contributed by atoms with Gasteiger partial charge in [-0.1, -0.05) is 62.6 Å². The van der Waals surface area contributed by atoms with Crippen molar-refractivity contribution in [3.63, 3.8) is 0 Å². The molecule has 1 heterocycles. The summed E-state index contributed by atoms with van der Waals surface area (Å²) in [6, 6.07) is 0. The predicted octanol–water partition coefficient (Wildman–Crippen LogP) is 2.30. The van der Waals surface area contributed by atoms with E-state index in [1.807, 2.05) is 0 Å². The summed E-state index contributed by atoms with van der Waals surface area (Å²) in [5, 5.41) is 48.5. The number of carbonyl (C=O) groups excluding carboxylic acids is 1. The van der Waals surface area contributed by atoms with E-state index >= 15 is 0 Å². The second kappa shape index (κ2) is 20.5. The molecule has 9 nitrogen and oxygen atoms in total. The number of carbonyl (C=O) groups is 1. The van der Waals surface area contributed by atoms with Gasteiger partial charge in [0.25, 0.3) is 0 Å². The average Bonchev–Trinajstić information content (AvgIpc) is 2.88. The van der Waals surface area contributed by atoms with Crippen molar-refractivity contribution in [1.82, 2.24) is 0 Å². The van der Waals surface area contributed by atoms with Gasteiger partial charge in [0.05, 0.1) is 13.2 Å². The molecule has 1 aliphatic heterocycles. The third-order valence-corrected chi connectivity index (χ3v) is 5.77. The fourth-order valence-corrected chi connectivity index (χ4v) is 3.61. The quantitative estimate of drug-likeness (QED) is 0.0995. The number of hydrogen-bond acceptors (Lipinski definition) is 9. The average molecular weight is 515 g/mol. The Balaban J connectivity index is 2.02. The first kappa shape index (κ1) is 32.4. The van der Waals surface area contributed by atoms with E-state index < -0.39 is 49.4 Å². The van der Waals surface area contributed by atoms with Crippen LogP contribution < -0.4 is 0 Å². The van der Waals surface area contributed by atoms with Crippen molar-refractivity contribution in [3.8, 4) is 0 Å². The summed E-state index contributed by atoms with van der Waals surface area (Å²) in [6.07, 6.45) is 14.3. The molecule has 1 fully saturated rings. The number of aliphatic hydroxyl groups is 5. The topological polar surface area (TPSA) is 146 Å². The van der Waals surface area contributed by atoms with E-state index in [1.165, 1.54) is 0 Å². The first-order chi connectivity index (χ1) is 17.4. The molecule has 5 N–H and O–H groups in total. The van der Waals surface area contributed by atoms with E-state index in [1.54, 1.807) is 0 Å². The number of ether oxygens (including phenoxy) is 3. The van der Waals surface area contributed by atoms with Gasteiger partial charge in [0.15, 0.2) is 6.29 Å². The lowest BCUT2D eigenvalue weighted by molar-refractivity contribution is -0.305. The van der Waals surface area contributed by atoms with E-state index in [4.69, 9.17) is 19.3 Å². The minimum Gasteiger partial charge on any atom is -0.463 e. The van der Waals surface area contributed by atoms with Crippen LogP contribution in [0, 0.1) is 0 Å². The fraction of sp³-hybridized carbons (Fsp3) is 0.741. The Kier molecular flexibility index (Phi) is 18.4. The van der Waals surface area contributed by atoms with Crippen LogP contribution in [0.5, 0.6) is 0 Å². The van der Waals surface area contributed by atoms with Gasteiger partial charge in [0.1, 0.15) is 37.1 Å². The molecule has 0 aromatic rings. The van der Waals surface area contributed by atoms with Crippen LogP contribution in [-0.2, 0) is 19.0 Å². The zero-order chi connectivity index (χ0) is 26.6. The maximum absolute atomic E-state index is 11.9. The third kappa shape index (κ3) is 14.2. The van der Waals surface area contributed by atoms with Gasteiger partial charge in [-0.15, -0.1) is 0 Å². The van der Waals surface area contributed by atoms with Gasteiger partial charge >= 0.3 is 5.97 Å². The standard InChI is InChI=1S/C27H46O9/c1-2-3-4-5-6-7-8-9-10-11-12-13-14-15-16-17-23(30)34-19-21(29)20-35-27-26(33)25(32)24(31)22(18-28)36-27/h3-4,6-7,9-10,21-22,24-29,31-33H,2,5,8,11-20H2,1H3/b4-3-,7-6-,10-9-/t21-,22-,24-,25+,26-,27+/m0/s1. The van der Waals surface area contributed by atoms with Crippen LogP contribution in [0.3, 0.4) is 0 Å². The Bertz CT molecular complexity index is 647. The zero-order valence-electron chi connectivity index (χ0n) is 21.5. The highest BCUT2D eigenvalue weighted by Gasteiger charge is 2.44. The van der Waals surface area contributed by atoms with Gasteiger partial charge in [-0.3, -0.25) is 4.79 Å². The third-order valence-electron chi connectivity index (χ3n) is 5.77. The summed E-state index contributed by atoms with van der Waals surface area (Å²) in [7, 11) is 0. The Labute approximate surface area is 215 Å². The second-order valence-electron chi connectivity index (χ2n) is 8.97. The highest BCUT2D eigenvalue weighted by Crippen LogP contribution is 2.22. The lowest BCUT2D eigenvalue weighted by atomic mass is 9.99. The first-order valence-corrected chi connectivity index (χ1v) is 13.1. The largest absolute Gasteiger partial charge is 0.463 e. The molecule has 0 bridgehead atoms. The van der Waals surface area contributed by atoms with Crippen LogP contribution >= 0.6 is 0 Å². The summed E-state index contributed by atoms with van der Waals surface area (Å²) in [5.41, 5.74) is 0. The van der Waals surface area contributed by atoms with E-state index in [2.05, 4.69) is 43.4 Å². The Hall–Kier alpha value is -1.59. The van der Waals surface area contributed by atoms with Gasteiger partial charge in [0.2, 0.25) is 0 Å². The summed E-state index contributed by atoms with van der Waals surface area (Å²) in [4.78, 5) is 11.9. The van der Waals surface area contributed by atoms with E-state index in [0.717, 1.165) is 57.8 Å². The molecule has 0 saturated carbocycles. The zero-order valence-corrected chi connectivity index (χ0v) is 21.5. The van der Waals surface area contributed by atoms with Crippen LogP contribution in [0.4, 0.5) is 0 Å². The highest BCUT2D eigenvalue weighted by atomic mass is 16.7. The number of esters is 1. The lowest BCUT2D eigenvalue weighted by Crippen LogP contribution is -2.59. The summed E-state index contributed by atoms with van der Waals surface area (Å²) < 4.78 is 15.5. The Morgan fingerprint density at radius 1 is 0.861 bits per heavy atom. The minimum absolute atomic E-state index is 0.271. The van der Waals surface area contributed by atoms with Gasteiger partial charge < -0.3 is 39.7 Å².